The van der Waals surface area contributed by atoms with Crippen molar-refractivity contribution in [2.45, 2.75) is 38.8 Å². The molecule has 0 bridgehead atoms. The van der Waals surface area contributed by atoms with E-state index in [1.807, 2.05) is 39.0 Å². The van der Waals surface area contributed by atoms with Gasteiger partial charge in [-0.15, -0.1) is 0 Å². The molecule has 1 unspecified atom stereocenters. The maximum absolute atomic E-state index is 12.7. The van der Waals surface area contributed by atoms with Crippen molar-refractivity contribution in [3.05, 3.63) is 40.3 Å². The standard InChI is InChI=1S/C15H18N2O2/c1-10-5-4-6-11-9-16-17(14(18)13(10)11)12-7-8-19-15(12,2)3/h4-6,9,12H,7-8H2,1-3H3. The highest BCUT2D eigenvalue weighted by Crippen LogP contribution is 2.34. The zero-order chi connectivity index (χ0) is 13.6. The number of benzene rings is 1. The largest absolute Gasteiger partial charge is 0.373 e. The first-order valence-electron chi connectivity index (χ1n) is 6.62. The average molecular weight is 258 g/mol. The molecule has 2 heterocycles. The van der Waals surface area contributed by atoms with Gasteiger partial charge in [0.1, 0.15) is 0 Å². The van der Waals surface area contributed by atoms with Crippen LogP contribution in [0.3, 0.4) is 0 Å². The number of fused-ring (bicyclic) bond motifs is 1. The fraction of sp³-hybridized carbons (Fsp3) is 0.467. The molecule has 1 aliphatic heterocycles. The van der Waals surface area contributed by atoms with Gasteiger partial charge >= 0.3 is 0 Å². The summed E-state index contributed by atoms with van der Waals surface area (Å²) in [5.41, 5.74) is 0.641. The Balaban J connectivity index is 2.24. The predicted molar refractivity (Wildman–Crippen MR) is 74.4 cm³/mol. The lowest BCUT2D eigenvalue weighted by Gasteiger charge is -2.26. The molecule has 1 atom stereocenters. The molecule has 0 radical (unpaired) electrons. The minimum atomic E-state index is -0.340. The zero-order valence-electron chi connectivity index (χ0n) is 11.5. The number of nitrogens with zero attached hydrogens (tertiary/aromatic N) is 2. The van der Waals surface area contributed by atoms with Gasteiger partial charge in [0.2, 0.25) is 0 Å². The summed E-state index contributed by atoms with van der Waals surface area (Å²) in [7, 11) is 0. The highest BCUT2D eigenvalue weighted by Gasteiger charge is 2.38. The van der Waals surface area contributed by atoms with Gasteiger partial charge in [0.05, 0.1) is 23.2 Å². The molecule has 2 aromatic rings. The van der Waals surface area contributed by atoms with Gasteiger partial charge in [-0.25, -0.2) is 4.68 Å². The number of ether oxygens (including phenoxy) is 1. The molecule has 0 N–H and O–H groups in total. The van der Waals surface area contributed by atoms with Crippen LogP contribution in [-0.2, 0) is 4.74 Å². The van der Waals surface area contributed by atoms with Crippen LogP contribution in [0.15, 0.2) is 29.2 Å². The molecule has 1 aliphatic rings. The van der Waals surface area contributed by atoms with Crippen molar-refractivity contribution < 1.29 is 4.74 Å². The van der Waals surface area contributed by atoms with Gasteiger partial charge in [0.25, 0.3) is 5.56 Å². The van der Waals surface area contributed by atoms with Crippen molar-refractivity contribution in [1.82, 2.24) is 9.78 Å². The third kappa shape index (κ3) is 1.87. The Morgan fingerprint density at radius 2 is 2.21 bits per heavy atom. The summed E-state index contributed by atoms with van der Waals surface area (Å²) in [5.74, 6) is 0. The highest BCUT2D eigenvalue weighted by molar-refractivity contribution is 5.83. The average Bonchev–Trinajstić information content (AvgIpc) is 2.69. The molecule has 0 amide bonds. The lowest BCUT2D eigenvalue weighted by Crippen LogP contribution is -2.37. The van der Waals surface area contributed by atoms with Crippen LogP contribution in [0.25, 0.3) is 10.8 Å². The molecule has 1 aromatic carbocycles. The molecule has 1 aromatic heterocycles. The molecule has 19 heavy (non-hydrogen) atoms. The van der Waals surface area contributed by atoms with Crippen LogP contribution in [0.5, 0.6) is 0 Å². The van der Waals surface area contributed by atoms with Gasteiger partial charge in [-0.2, -0.15) is 5.10 Å². The van der Waals surface area contributed by atoms with Crippen molar-refractivity contribution in [1.29, 1.82) is 0 Å². The lowest BCUT2D eigenvalue weighted by atomic mass is 9.99. The second kappa shape index (κ2) is 4.17. The number of aromatic nitrogens is 2. The Bertz CT molecular complexity index is 688. The Morgan fingerprint density at radius 1 is 1.42 bits per heavy atom. The fourth-order valence-corrected chi connectivity index (χ4v) is 2.90. The van der Waals surface area contributed by atoms with E-state index in [1.165, 1.54) is 0 Å². The van der Waals surface area contributed by atoms with Gasteiger partial charge in [0, 0.05) is 12.0 Å². The molecule has 0 spiro atoms. The third-order valence-electron chi connectivity index (χ3n) is 4.01. The van der Waals surface area contributed by atoms with Crippen molar-refractivity contribution in [3.63, 3.8) is 0 Å². The molecular formula is C15H18N2O2. The first kappa shape index (κ1) is 12.4. The van der Waals surface area contributed by atoms with Crippen LogP contribution in [-0.4, -0.2) is 22.0 Å². The summed E-state index contributed by atoms with van der Waals surface area (Å²) in [6, 6.07) is 5.84. The van der Waals surface area contributed by atoms with Crippen LogP contribution in [0, 0.1) is 6.92 Å². The van der Waals surface area contributed by atoms with E-state index >= 15 is 0 Å². The summed E-state index contributed by atoms with van der Waals surface area (Å²) in [4.78, 5) is 12.7. The number of hydrogen-bond donors (Lipinski definition) is 0. The van der Waals surface area contributed by atoms with E-state index < -0.39 is 0 Å². The summed E-state index contributed by atoms with van der Waals surface area (Å²) < 4.78 is 7.30. The summed E-state index contributed by atoms with van der Waals surface area (Å²) >= 11 is 0. The molecule has 3 rings (SSSR count). The molecule has 4 heteroatoms. The third-order valence-corrected chi connectivity index (χ3v) is 4.01. The van der Waals surface area contributed by atoms with Crippen molar-refractivity contribution in [2.24, 2.45) is 0 Å². The zero-order valence-corrected chi connectivity index (χ0v) is 11.5. The van der Waals surface area contributed by atoms with Crippen molar-refractivity contribution >= 4 is 10.8 Å². The molecule has 1 fully saturated rings. The number of rotatable bonds is 1. The first-order chi connectivity index (χ1) is 9.00. The number of hydrogen-bond acceptors (Lipinski definition) is 3. The summed E-state index contributed by atoms with van der Waals surface area (Å²) in [6.07, 6.45) is 2.61. The van der Waals surface area contributed by atoms with E-state index in [9.17, 15) is 4.79 Å². The minimum Gasteiger partial charge on any atom is -0.373 e. The molecular weight excluding hydrogens is 240 g/mol. The summed E-state index contributed by atoms with van der Waals surface area (Å²) in [5, 5.41) is 6.01. The van der Waals surface area contributed by atoms with Gasteiger partial charge in [-0.1, -0.05) is 18.2 Å². The molecule has 1 saturated heterocycles. The van der Waals surface area contributed by atoms with Gasteiger partial charge < -0.3 is 4.74 Å². The monoisotopic (exact) mass is 258 g/mol. The second-order valence-corrected chi connectivity index (χ2v) is 5.69. The molecule has 0 saturated carbocycles. The molecule has 4 nitrogen and oxygen atoms in total. The SMILES string of the molecule is Cc1cccc2cnn(C3CCOC3(C)C)c(=O)c12. The van der Waals surface area contributed by atoms with Gasteiger partial charge in [0.15, 0.2) is 0 Å². The molecule has 100 valence electrons. The Kier molecular flexibility index (Phi) is 2.71. The van der Waals surface area contributed by atoms with Crippen LogP contribution in [0.2, 0.25) is 0 Å². The first-order valence-corrected chi connectivity index (χ1v) is 6.62. The normalized spacial score (nSPS) is 21.9. The van der Waals surface area contributed by atoms with E-state index in [0.29, 0.717) is 6.61 Å². The summed E-state index contributed by atoms with van der Waals surface area (Å²) in [6.45, 7) is 6.67. The van der Waals surface area contributed by atoms with E-state index in [-0.39, 0.29) is 17.2 Å². The Hall–Kier alpha value is -1.68. The highest BCUT2D eigenvalue weighted by atomic mass is 16.5. The fourth-order valence-electron chi connectivity index (χ4n) is 2.90. The minimum absolute atomic E-state index is 0.00371. The smallest absolute Gasteiger partial charge is 0.275 e. The Labute approximate surface area is 112 Å². The Morgan fingerprint density at radius 3 is 2.89 bits per heavy atom. The van der Waals surface area contributed by atoms with Crippen molar-refractivity contribution in [2.75, 3.05) is 6.61 Å². The topological polar surface area (TPSA) is 44.1 Å². The molecule has 0 aliphatic carbocycles. The quantitative estimate of drug-likeness (QED) is 0.789. The maximum atomic E-state index is 12.7. The van der Waals surface area contributed by atoms with Gasteiger partial charge in [-0.3, -0.25) is 4.79 Å². The maximum Gasteiger partial charge on any atom is 0.275 e. The lowest BCUT2D eigenvalue weighted by molar-refractivity contribution is 0.0109. The van der Waals surface area contributed by atoms with E-state index in [1.54, 1.807) is 10.9 Å². The van der Waals surface area contributed by atoms with Gasteiger partial charge in [-0.05, 0) is 32.8 Å². The van der Waals surface area contributed by atoms with Crippen LogP contribution in [0.1, 0.15) is 31.9 Å². The van der Waals surface area contributed by atoms with Crippen LogP contribution < -0.4 is 5.56 Å². The van der Waals surface area contributed by atoms with Crippen LogP contribution >= 0.6 is 0 Å². The van der Waals surface area contributed by atoms with Crippen LogP contribution in [0.4, 0.5) is 0 Å². The van der Waals surface area contributed by atoms with E-state index in [0.717, 1.165) is 22.8 Å². The predicted octanol–water partition coefficient (Wildman–Crippen LogP) is 2.44. The van der Waals surface area contributed by atoms with E-state index in [4.69, 9.17) is 4.74 Å². The second-order valence-electron chi connectivity index (χ2n) is 5.69. The van der Waals surface area contributed by atoms with Crippen molar-refractivity contribution in [3.8, 4) is 0 Å². The number of aryl methyl sites for hydroxylation is 1. The van der Waals surface area contributed by atoms with E-state index in [2.05, 4.69) is 5.10 Å².